The third-order valence-corrected chi connectivity index (χ3v) is 5.64. The van der Waals surface area contributed by atoms with E-state index in [4.69, 9.17) is 4.74 Å². The Hall–Kier alpha value is -2.96. The van der Waals surface area contributed by atoms with E-state index in [9.17, 15) is 4.79 Å². The summed E-state index contributed by atoms with van der Waals surface area (Å²) in [4.78, 5) is 14.4. The molecule has 0 fully saturated rings. The quantitative estimate of drug-likeness (QED) is 0.270. The topological polar surface area (TPSA) is 26.3 Å². The molecular formula is C26H24O2S. The van der Waals surface area contributed by atoms with Gasteiger partial charge < -0.3 is 4.74 Å². The molecule has 2 nitrogen and oxygen atoms in total. The average molecular weight is 401 g/mol. The van der Waals surface area contributed by atoms with Gasteiger partial charge in [-0.3, -0.25) is 4.79 Å². The monoisotopic (exact) mass is 400 g/mol. The van der Waals surface area contributed by atoms with Gasteiger partial charge in [-0.1, -0.05) is 80.4 Å². The Morgan fingerprint density at radius 1 is 0.897 bits per heavy atom. The second kappa shape index (κ2) is 9.49. The van der Waals surface area contributed by atoms with Crippen LogP contribution in [0.5, 0.6) is 5.75 Å². The van der Waals surface area contributed by atoms with Crippen molar-refractivity contribution in [2.24, 2.45) is 5.41 Å². The maximum absolute atomic E-state index is 13.3. The van der Waals surface area contributed by atoms with E-state index in [2.05, 4.69) is 11.2 Å². The van der Waals surface area contributed by atoms with E-state index in [0.717, 1.165) is 16.2 Å². The molecule has 0 heterocycles. The Bertz CT molecular complexity index is 997. The zero-order valence-corrected chi connectivity index (χ0v) is 17.7. The molecule has 3 rings (SSSR count). The molecule has 0 aliphatic rings. The van der Waals surface area contributed by atoms with E-state index in [-0.39, 0.29) is 11.7 Å². The minimum atomic E-state index is -0.694. The maximum Gasteiger partial charge on any atom is 0.170 e. The van der Waals surface area contributed by atoms with E-state index in [1.807, 2.05) is 98.8 Å². The summed E-state index contributed by atoms with van der Waals surface area (Å²) >= 11 is 1.48. The first kappa shape index (κ1) is 20.8. The number of Topliss-reactive ketones (excluding diaryl/α,β-unsaturated/α-hetero) is 1. The Labute approximate surface area is 177 Å². The summed E-state index contributed by atoms with van der Waals surface area (Å²) in [6.45, 7) is 3.94. The van der Waals surface area contributed by atoms with E-state index >= 15 is 0 Å². The SMILES string of the molecule is COc1ccc(C(C#CSc2ccccc2)C(C)(C)C(=O)c2ccccc2)cc1. The highest BCUT2D eigenvalue weighted by atomic mass is 32.2. The predicted octanol–water partition coefficient (Wildman–Crippen LogP) is 6.44. The molecule has 1 unspecified atom stereocenters. The molecule has 0 N–H and O–H groups in total. The van der Waals surface area contributed by atoms with Crippen LogP contribution in [0.25, 0.3) is 0 Å². The Morgan fingerprint density at radius 2 is 1.48 bits per heavy atom. The lowest BCUT2D eigenvalue weighted by molar-refractivity contribution is 0.0823. The summed E-state index contributed by atoms with van der Waals surface area (Å²) in [5, 5.41) is 3.22. The van der Waals surface area contributed by atoms with Crippen molar-refractivity contribution >= 4 is 17.5 Å². The minimum absolute atomic E-state index is 0.0814. The van der Waals surface area contributed by atoms with Gasteiger partial charge in [0, 0.05) is 15.9 Å². The van der Waals surface area contributed by atoms with Crippen molar-refractivity contribution in [2.75, 3.05) is 7.11 Å². The van der Waals surface area contributed by atoms with Gasteiger partial charge in [-0.15, -0.1) is 0 Å². The molecule has 3 aromatic carbocycles. The molecule has 146 valence electrons. The molecule has 0 amide bonds. The number of rotatable bonds is 6. The van der Waals surface area contributed by atoms with E-state index in [1.54, 1.807) is 7.11 Å². The number of thioether (sulfide) groups is 1. The van der Waals surface area contributed by atoms with Crippen molar-refractivity contribution in [3.8, 4) is 16.9 Å². The van der Waals surface area contributed by atoms with E-state index < -0.39 is 5.41 Å². The molecule has 0 aromatic heterocycles. The largest absolute Gasteiger partial charge is 0.497 e. The lowest BCUT2D eigenvalue weighted by Crippen LogP contribution is -2.31. The molecule has 29 heavy (non-hydrogen) atoms. The molecule has 3 aromatic rings. The lowest BCUT2D eigenvalue weighted by atomic mass is 9.71. The molecule has 1 atom stereocenters. The van der Waals surface area contributed by atoms with Crippen LogP contribution in [-0.4, -0.2) is 12.9 Å². The van der Waals surface area contributed by atoms with Crippen molar-refractivity contribution in [1.29, 1.82) is 0 Å². The van der Waals surface area contributed by atoms with Gasteiger partial charge in [-0.05, 0) is 46.8 Å². The first-order valence-corrected chi connectivity index (χ1v) is 10.3. The molecule has 0 saturated heterocycles. The lowest BCUT2D eigenvalue weighted by Gasteiger charge is -2.30. The molecule has 0 spiro atoms. The number of ketones is 1. The molecule has 3 heteroatoms. The van der Waals surface area contributed by atoms with Crippen molar-refractivity contribution in [3.05, 3.63) is 96.1 Å². The zero-order chi connectivity index (χ0) is 20.7. The number of hydrogen-bond donors (Lipinski definition) is 0. The van der Waals surface area contributed by atoms with Crippen LogP contribution in [-0.2, 0) is 0 Å². The molecule has 0 bridgehead atoms. The minimum Gasteiger partial charge on any atom is -0.497 e. The third kappa shape index (κ3) is 5.10. The van der Waals surface area contributed by atoms with Crippen molar-refractivity contribution in [1.82, 2.24) is 0 Å². The van der Waals surface area contributed by atoms with Crippen LogP contribution in [0.2, 0.25) is 0 Å². The Balaban J connectivity index is 1.96. The molecular weight excluding hydrogens is 376 g/mol. The van der Waals surface area contributed by atoms with Gasteiger partial charge in [0.05, 0.1) is 13.0 Å². The number of carbonyl (C=O) groups excluding carboxylic acids is 1. The number of ether oxygens (including phenoxy) is 1. The van der Waals surface area contributed by atoms with Gasteiger partial charge in [-0.25, -0.2) is 0 Å². The second-order valence-corrected chi connectivity index (χ2v) is 8.16. The average Bonchev–Trinajstić information content (AvgIpc) is 2.77. The van der Waals surface area contributed by atoms with Crippen LogP contribution in [0.3, 0.4) is 0 Å². The smallest absolute Gasteiger partial charge is 0.170 e. The van der Waals surface area contributed by atoms with Crippen molar-refractivity contribution in [3.63, 3.8) is 0 Å². The van der Waals surface area contributed by atoms with Crippen LogP contribution >= 0.6 is 11.8 Å². The highest BCUT2D eigenvalue weighted by Gasteiger charge is 2.37. The van der Waals surface area contributed by atoms with Crippen LogP contribution in [0.1, 0.15) is 35.7 Å². The van der Waals surface area contributed by atoms with E-state index in [1.165, 1.54) is 11.8 Å². The predicted molar refractivity (Wildman–Crippen MR) is 120 cm³/mol. The van der Waals surface area contributed by atoms with Gasteiger partial charge in [-0.2, -0.15) is 0 Å². The second-order valence-electron chi connectivity index (χ2n) is 7.28. The molecule has 0 saturated carbocycles. The van der Waals surface area contributed by atoms with Crippen molar-refractivity contribution < 1.29 is 9.53 Å². The van der Waals surface area contributed by atoms with Crippen LogP contribution in [0.4, 0.5) is 0 Å². The zero-order valence-electron chi connectivity index (χ0n) is 16.9. The normalized spacial score (nSPS) is 11.8. The van der Waals surface area contributed by atoms with E-state index in [0.29, 0.717) is 5.56 Å². The Morgan fingerprint density at radius 3 is 2.07 bits per heavy atom. The Kier molecular flexibility index (Phi) is 6.80. The van der Waals surface area contributed by atoms with Gasteiger partial charge in [0.25, 0.3) is 0 Å². The highest BCUT2D eigenvalue weighted by Crippen LogP contribution is 2.39. The first-order chi connectivity index (χ1) is 14.0. The van der Waals surface area contributed by atoms with Gasteiger partial charge in [0.2, 0.25) is 0 Å². The molecule has 0 aliphatic carbocycles. The summed E-state index contributed by atoms with van der Waals surface area (Å²) < 4.78 is 5.28. The molecule has 0 aliphatic heterocycles. The number of benzene rings is 3. The van der Waals surface area contributed by atoms with Crippen molar-refractivity contribution in [2.45, 2.75) is 24.7 Å². The summed E-state index contributed by atoms with van der Waals surface area (Å²) in [6, 6.07) is 27.3. The van der Waals surface area contributed by atoms with Crippen LogP contribution < -0.4 is 4.74 Å². The molecule has 0 radical (unpaired) electrons. The number of methoxy groups -OCH3 is 1. The first-order valence-electron chi connectivity index (χ1n) is 9.48. The number of hydrogen-bond acceptors (Lipinski definition) is 3. The van der Waals surface area contributed by atoms with Crippen LogP contribution in [0, 0.1) is 16.6 Å². The summed E-state index contributed by atoms with van der Waals surface area (Å²) in [6.07, 6.45) is 0. The third-order valence-electron chi connectivity index (χ3n) is 4.91. The summed E-state index contributed by atoms with van der Waals surface area (Å²) in [5.41, 5.74) is 1.01. The summed E-state index contributed by atoms with van der Waals surface area (Å²) in [5.74, 6) is 3.98. The fourth-order valence-corrected chi connectivity index (χ4v) is 3.79. The van der Waals surface area contributed by atoms with Gasteiger partial charge in [0.15, 0.2) is 5.78 Å². The fourth-order valence-electron chi connectivity index (χ4n) is 3.21. The number of carbonyl (C=O) groups is 1. The highest BCUT2D eigenvalue weighted by molar-refractivity contribution is 8.03. The maximum atomic E-state index is 13.3. The van der Waals surface area contributed by atoms with Gasteiger partial charge >= 0.3 is 0 Å². The standard InChI is InChI=1S/C26H24O2S/c1-26(2,25(27)21-10-6-4-7-11-21)24(20-14-16-22(28-3)17-15-20)18-19-29-23-12-8-5-9-13-23/h4-17,24H,1-3H3. The summed E-state index contributed by atoms with van der Waals surface area (Å²) in [7, 11) is 1.64. The fraction of sp³-hybridized carbons (Fsp3) is 0.192. The van der Waals surface area contributed by atoms with Gasteiger partial charge in [0.1, 0.15) is 5.75 Å². The van der Waals surface area contributed by atoms with Crippen LogP contribution in [0.15, 0.2) is 89.8 Å².